The fraction of sp³-hybridized carbons (Fsp3) is 0.333. The molecule has 2 amide bonds. The lowest BCUT2D eigenvalue weighted by molar-refractivity contribution is 0.189. The number of urea groups is 1. The number of amides is 2. The third-order valence-electron chi connectivity index (χ3n) is 3.64. The number of nitrogens with zero attached hydrogens (tertiary/aromatic N) is 2. The van der Waals surface area contributed by atoms with Crippen molar-refractivity contribution in [3.05, 3.63) is 52.0 Å². The normalized spacial score (nSPS) is 15.6. The predicted molar refractivity (Wildman–Crippen MR) is 79.6 cm³/mol. The Hall–Kier alpha value is -1.88. The molecule has 0 spiro atoms. The summed E-state index contributed by atoms with van der Waals surface area (Å²) in [6, 6.07) is 5.97. The average molecular weight is 287 g/mol. The van der Waals surface area contributed by atoms with Gasteiger partial charge in [-0.2, -0.15) is 0 Å². The highest BCUT2D eigenvalue weighted by molar-refractivity contribution is 7.10. The molecule has 1 atom stereocenters. The van der Waals surface area contributed by atoms with Gasteiger partial charge in [0.1, 0.15) is 0 Å². The number of hydrogen-bond donors (Lipinski definition) is 1. The summed E-state index contributed by atoms with van der Waals surface area (Å²) in [5.41, 5.74) is 2.36. The van der Waals surface area contributed by atoms with Gasteiger partial charge in [0.15, 0.2) is 0 Å². The van der Waals surface area contributed by atoms with Gasteiger partial charge in [0.2, 0.25) is 0 Å². The van der Waals surface area contributed by atoms with Crippen LogP contribution in [0, 0.1) is 0 Å². The van der Waals surface area contributed by atoms with Crippen molar-refractivity contribution in [3.63, 3.8) is 0 Å². The number of nitrogens with one attached hydrogen (secondary N) is 1. The van der Waals surface area contributed by atoms with E-state index in [-0.39, 0.29) is 12.1 Å². The van der Waals surface area contributed by atoms with Crippen LogP contribution in [0.4, 0.5) is 4.79 Å². The van der Waals surface area contributed by atoms with Gasteiger partial charge >= 0.3 is 6.03 Å². The number of carbonyl (C=O) groups excluding carboxylic acids is 1. The van der Waals surface area contributed by atoms with E-state index >= 15 is 0 Å². The maximum absolute atomic E-state index is 12.3. The van der Waals surface area contributed by atoms with Crippen molar-refractivity contribution < 1.29 is 4.79 Å². The van der Waals surface area contributed by atoms with Crippen LogP contribution in [0.5, 0.6) is 0 Å². The van der Waals surface area contributed by atoms with Crippen molar-refractivity contribution >= 4 is 17.4 Å². The second-order valence-electron chi connectivity index (χ2n) is 4.99. The lowest BCUT2D eigenvalue weighted by Gasteiger charge is -2.28. The molecule has 1 aliphatic heterocycles. The Balaban J connectivity index is 1.63. The maximum Gasteiger partial charge on any atom is 0.318 e. The van der Waals surface area contributed by atoms with E-state index in [4.69, 9.17) is 0 Å². The van der Waals surface area contributed by atoms with E-state index in [0.717, 1.165) is 18.5 Å². The summed E-state index contributed by atoms with van der Waals surface area (Å²) in [5.74, 6) is 0. The van der Waals surface area contributed by atoms with E-state index in [9.17, 15) is 4.79 Å². The summed E-state index contributed by atoms with van der Waals surface area (Å²) in [5, 5.41) is 5.15. The van der Waals surface area contributed by atoms with Gasteiger partial charge in [-0.3, -0.25) is 4.98 Å². The van der Waals surface area contributed by atoms with Gasteiger partial charge in [0.25, 0.3) is 0 Å². The highest BCUT2D eigenvalue weighted by Crippen LogP contribution is 2.24. The van der Waals surface area contributed by atoms with Crippen LogP contribution >= 0.6 is 11.3 Å². The third-order valence-corrected chi connectivity index (χ3v) is 4.66. The number of hydrogen-bond acceptors (Lipinski definition) is 3. The van der Waals surface area contributed by atoms with E-state index < -0.39 is 0 Å². The quantitative estimate of drug-likeness (QED) is 0.923. The van der Waals surface area contributed by atoms with Gasteiger partial charge in [0, 0.05) is 30.4 Å². The smallest absolute Gasteiger partial charge is 0.318 e. The number of thiophene rings is 1. The summed E-state index contributed by atoms with van der Waals surface area (Å²) >= 11 is 1.78. The Bertz CT molecular complexity index is 596. The molecule has 0 unspecified atom stereocenters. The molecule has 20 heavy (non-hydrogen) atoms. The minimum absolute atomic E-state index is 0.00521. The number of carbonyl (C=O) groups is 1. The van der Waals surface area contributed by atoms with Crippen molar-refractivity contribution in [3.8, 4) is 0 Å². The molecule has 0 aliphatic carbocycles. The van der Waals surface area contributed by atoms with Crippen LogP contribution in [0.15, 0.2) is 36.0 Å². The molecule has 0 fully saturated rings. The summed E-state index contributed by atoms with van der Waals surface area (Å²) in [7, 11) is 0. The zero-order chi connectivity index (χ0) is 13.9. The second kappa shape index (κ2) is 5.63. The van der Waals surface area contributed by atoms with Gasteiger partial charge in [-0.1, -0.05) is 0 Å². The standard InChI is InChI=1S/C15H17N3OS/c1-11(12-2-6-16-7-3-12)17-15(19)18-8-4-14-13(10-18)5-9-20-14/h2-3,5-7,9,11H,4,8,10H2,1H3,(H,17,19)/t11-/m0/s1. The molecular formula is C15H17N3OS. The van der Waals surface area contributed by atoms with E-state index in [1.54, 1.807) is 23.7 Å². The molecule has 2 aromatic rings. The Kier molecular flexibility index (Phi) is 3.69. The zero-order valence-electron chi connectivity index (χ0n) is 11.4. The van der Waals surface area contributed by atoms with Crippen LogP contribution in [0.3, 0.4) is 0 Å². The van der Waals surface area contributed by atoms with Crippen LogP contribution < -0.4 is 5.32 Å². The Morgan fingerprint density at radius 1 is 1.40 bits per heavy atom. The second-order valence-corrected chi connectivity index (χ2v) is 5.99. The first-order valence-corrected chi connectivity index (χ1v) is 7.62. The van der Waals surface area contributed by atoms with Gasteiger partial charge in [-0.05, 0) is 48.1 Å². The zero-order valence-corrected chi connectivity index (χ0v) is 12.2. The Labute approximate surface area is 122 Å². The molecule has 5 heteroatoms. The molecule has 0 saturated heterocycles. The first-order valence-electron chi connectivity index (χ1n) is 6.74. The van der Waals surface area contributed by atoms with Gasteiger partial charge in [-0.15, -0.1) is 11.3 Å². The van der Waals surface area contributed by atoms with Crippen molar-refractivity contribution in [1.82, 2.24) is 15.2 Å². The van der Waals surface area contributed by atoms with Crippen LogP contribution in [0.25, 0.3) is 0 Å². The van der Waals surface area contributed by atoms with E-state index in [2.05, 4.69) is 21.7 Å². The summed E-state index contributed by atoms with van der Waals surface area (Å²) in [4.78, 5) is 19.6. The largest absolute Gasteiger partial charge is 0.331 e. The van der Waals surface area contributed by atoms with Gasteiger partial charge in [0.05, 0.1) is 6.04 Å². The third kappa shape index (κ3) is 2.67. The van der Waals surface area contributed by atoms with E-state index in [1.807, 2.05) is 24.0 Å². The molecule has 0 bridgehead atoms. The first-order chi connectivity index (χ1) is 9.74. The lowest BCUT2D eigenvalue weighted by atomic mass is 10.1. The molecule has 2 aromatic heterocycles. The summed E-state index contributed by atoms with van der Waals surface area (Å²) < 4.78 is 0. The average Bonchev–Trinajstić information content (AvgIpc) is 2.95. The fourth-order valence-corrected chi connectivity index (χ4v) is 3.32. The van der Waals surface area contributed by atoms with E-state index in [1.165, 1.54) is 10.4 Å². The molecule has 0 radical (unpaired) electrons. The van der Waals surface area contributed by atoms with E-state index in [0.29, 0.717) is 6.54 Å². The van der Waals surface area contributed by atoms with Crippen LogP contribution in [-0.2, 0) is 13.0 Å². The predicted octanol–water partition coefficient (Wildman–Crippen LogP) is 2.97. The molecule has 3 rings (SSSR count). The molecule has 1 N–H and O–H groups in total. The minimum Gasteiger partial charge on any atom is -0.331 e. The van der Waals surface area contributed by atoms with Crippen LogP contribution in [0.1, 0.15) is 29.0 Å². The number of aromatic nitrogens is 1. The Morgan fingerprint density at radius 2 is 2.20 bits per heavy atom. The van der Waals surface area contributed by atoms with Crippen molar-refractivity contribution in [2.24, 2.45) is 0 Å². The molecule has 0 saturated carbocycles. The molecule has 1 aliphatic rings. The monoisotopic (exact) mass is 287 g/mol. The topological polar surface area (TPSA) is 45.2 Å². The highest BCUT2D eigenvalue weighted by atomic mass is 32.1. The van der Waals surface area contributed by atoms with Gasteiger partial charge in [-0.25, -0.2) is 4.79 Å². The number of pyridine rings is 1. The first kappa shape index (κ1) is 13.1. The van der Waals surface area contributed by atoms with Crippen LogP contribution in [-0.4, -0.2) is 22.5 Å². The molecule has 4 nitrogen and oxygen atoms in total. The summed E-state index contributed by atoms with van der Waals surface area (Å²) in [6.07, 6.45) is 4.46. The van der Waals surface area contributed by atoms with Crippen molar-refractivity contribution in [2.75, 3.05) is 6.54 Å². The number of fused-ring (bicyclic) bond motifs is 1. The molecule has 0 aromatic carbocycles. The highest BCUT2D eigenvalue weighted by Gasteiger charge is 2.22. The molecule has 3 heterocycles. The van der Waals surface area contributed by atoms with Crippen LogP contribution in [0.2, 0.25) is 0 Å². The maximum atomic E-state index is 12.3. The fourth-order valence-electron chi connectivity index (χ4n) is 2.43. The lowest BCUT2D eigenvalue weighted by Crippen LogP contribution is -2.43. The van der Waals surface area contributed by atoms with Crippen molar-refractivity contribution in [1.29, 1.82) is 0 Å². The number of rotatable bonds is 2. The van der Waals surface area contributed by atoms with Gasteiger partial charge < -0.3 is 10.2 Å². The van der Waals surface area contributed by atoms with Crippen molar-refractivity contribution in [2.45, 2.75) is 25.9 Å². The molecule has 104 valence electrons. The molecular weight excluding hydrogens is 270 g/mol. The summed E-state index contributed by atoms with van der Waals surface area (Å²) in [6.45, 7) is 3.50. The minimum atomic E-state index is -0.00521. The Morgan fingerprint density at radius 3 is 3.00 bits per heavy atom. The SMILES string of the molecule is C[C@H](NC(=O)N1CCc2sccc2C1)c1ccncc1.